The van der Waals surface area contributed by atoms with Gasteiger partial charge in [-0.2, -0.15) is 5.10 Å². The maximum atomic E-state index is 12.5. The molecule has 1 aromatic heterocycles. The summed E-state index contributed by atoms with van der Waals surface area (Å²) in [7, 11) is 0. The van der Waals surface area contributed by atoms with Gasteiger partial charge in [0.05, 0.1) is 12.2 Å². The summed E-state index contributed by atoms with van der Waals surface area (Å²) >= 11 is 0. The van der Waals surface area contributed by atoms with Crippen LogP contribution in [0.2, 0.25) is 0 Å². The zero-order valence-electron chi connectivity index (χ0n) is 17.8. The Morgan fingerprint density at radius 1 is 0.969 bits per heavy atom. The molecule has 4 aromatic rings. The van der Waals surface area contributed by atoms with Gasteiger partial charge in [-0.1, -0.05) is 42.5 Å². The van der Waals surface area contributed by atoms with E-state index in [4.69, 9.17) is 9.47 Å². The van der Waals surface area contributed by atoms with Crippen LogP contribution in [-0.4, -0.2) is 22.8 Å². The maximum absolute atomic E-state index is 12.5. The van der Waals surface area contributed by atoms with E-state index in [1.807, 2.05) is 60.7 Å². The summed E-state index contributed by atoms with van der Waals surface area (Å²) < 4.78 is 11.2. The van der Waals surface area contributed by atoms with Crippen LogP contribution in [-0.2, 0) is 4.74 Å². The quantitative estimate of drug-likeness (QED) is 0.419. The molecule has 0 atom stereocenters. The van der Waals surface area contributed by atoms with Gasteiger partial charge in [0.15, 0.2) is 0 Å². The topological polar surface area (TPSA) is 81.3 Å². The van der Waals surface area contributed by atoms with E-state index in [-0.39, 0.29) is 12.2 Å². The van der Waals surface area contributed by atoms with Crippen molar-refractivity contribution in [2.24, 2.45) is 0 Å². The van der Waals surface area contributed by atoms with Gasteiger partial charge >= 0.3 is 5.97 Å². The van der Waals surface area contributed by atoms with Crippen LogP contribution < -0.4 is 10.3 Å². The van der Waals surface area contributed by atoms with Crippen LogP contribution in [0.15, 0.2) is 83.7 Å². The molecule has 1 N–H and O–H groups in total. The molecule has 0 bridgehead atoms. The van der Waals surface area contributed by atoms with E-state index in [2.05, 4.69) is 10.2 Å². The normalized spacial score (nSPS) is 10.6. The Balaban J connectivity index is 1.87. The minimum absolute atomic E-state index is 0.282. The molecule has 3 aromatic carbocycles. The number of H-pyrrole nitrogens is 1. The van der Waals surface area contributed by atoms with Gasteiger partial charge in [-0.05, 0) is 55.8 Å². The van der Waals surface area contributed by atoms with Crippen molar-refractivity contribution >= 4 is 5.97 Å². The zero-order valence-corrected chi connectivity index (χ0v) is 17.8. The minimum Gasteiger partial charge on any atom is -0.462 e. The second kappa shape index (κ2) is 9.31. The van der Waals surface area contributed by atoms with Crippen LogP contribution >= 0.6 is 0 Å². The number of esters is 1. The van der Waals surface area contributed by atoms with Crippen molar-refractivity contribution in [1.82, 2.24) is 10.2 Å². The number of aromatic nitrogens is 2. The molecule has 0 fully saturated rings. The van der Waals surface area contributed by atoms with Gasteiger partial charge in [0.2, 0.25) is 0 Å². The first-order valence-corrected chi connectivity index (χ1v) is 10.3. The number of rotatable bonds is 6. The third-order valence-electron chi connectivity index (χ3n) is 5.00. The summed E-state index contributed by atoms with van der Waals surface area (Å²) in [5.74, 6) is 0.867. The van der Waals surface area contributed by atoms with Crippen molar-refractivity contribution in [3.05, 3.63) is 100 Å². The van der Waals surface area contributed by atoms with Gasteiger partial charge in [-0.25, -0.2) is 9.89 Å². The van der Waals surface area contributed by atoms with E-state index in [1.165, 1.54) is 0 Å². The zero-order chi connectivity index (χ0) is 22.5. The molecule has 32 heavy (non-hydrogen) atoms. The number of hydrogen-bond donors (Lipinski definition) is 1. The van der Waals surface area contributed by atoms with Crippen molar-refractivity contribution in [2.45, 2.75) is 13.8 Å². The number of benzene rings is 3. The summed E-state index contributed by atoms with van der Waals surface area (Å²) in [4.78, 5) is 24.7. The molecule has 0 amide bonds. The lowest BCUT2D eigenvalue weighted by Crippen LogP contribution is -2.14. The van der Waals surface area contributed by atoms with Crippen molar-refractivity contribution in [3.63, 3.8) is 0 Å². The molecule has 160 valence electrons. The highest BCUT2D eigenvalue weighted by Gasteiger charge is 2.19. The number of hydrogen-bond acceptors (Lipinski definition) is 5. The molecule has 0 aliphatic rings. The molecular formula is C26H22N2O4. The summed E-state index contributed by atoms with van der Waals surface area (Å²) in [6.07, 6.45) is 0. The molecule has 6 nitrogen and oxygen atoms in total. The van der Waals surface area contributed by atoms with Crippen LogP contribution in [0, 0.1) is 6.92 Å². The number of carbonyl (C=O) groups excluding carboxylic acids is 1. The Bertz CT molecular complexity index is 1310. The Hall–Kier alpha value is -4.19. The van der Waals surface area contributed by atoms with E-state index >= 15 is 0 Å². The highest BCUT2D eigenvalue weighted by atomic mass is 16.5. The Morgan fingerprint density at radius 3 is 2.50 bits per heavy atom. The third-order valence-corrected chi connectivity index (χ3v) is 5.00. The van der Waals surface area contributed by atoms with Gasteiger partial charge in [0.25, 0.3) is 5.56 Å². The molecular weight excluding hydrogens is 404 g/mol. The fraction of sp³-hybridized carbons (Fsp3) is 0.115. The van der Waals surface area contributed by atoms with Gasteiger partial charge in [0, 0.05) is 16.7 Å². The first-order chi connectivity index (χ1) is 15.6. The van der Waals surface area contributed by atoms with Crippen molar-refractivity contribution < 1.29 is 14.3 Å². The highest BCUT2D eigenvalue weighted by molar-refractivity contribution is 5.93. The molecule has 0 radical (unpaired) electrons. The van der Waals surface area contributed by atoms with E-state index in [0.717, 1.165) is 0 Å². The number of aromatic amines is 1. The molecule has 1 heterocycles. The highest BCUT2D eigenvalue weighted by Crippen LogP contribution is 2.38. The second-order valence-electron chi connectivity index (χ2n) is 7.11. The second-order valence-corrected chi connectivity index (χ2v) is 7.11. The lowest BCUT2D eigenvalue weighted by Gasteiger charge is -2.15. The summed E-state index contributed by atoms with van der Waals surface area (Å²) in [6, 6.07) is 23.9. The monoisotopic (exact) mass is 426 g/mol. The summed E-state index contributed by atoms with van der Waals surface area (Å²) in [5.41, 5.74) is 3.18. The van der Waals surface area contributed by atoms with Gasteiger partial charge < -0.3 is 9.47 Å². The molecule has 0 spiro atoms. The van der Waals surface area contributed by atoms with Gasteiger partial charge in [-0.15, -0.1) is 0 Å². The number of carbonyl (C=O) groups is 1. The Labute approximate surface area is 185 Å². The number of ether oxygens (including phenoxy) is 2. The molecule has 0 aliphatic carbocycles. The van der Waals surface area contributed by atoms with Crippen LogP contribution in [0.5, 0.6) is 11.5 Å². The predicted molar refractivity (Wildman–Crippen MR) is 123 cm³/mol. The average molecular weight is 426 g/mol. The fourth-order valence-electron chi connectivity index (χ4n) is 3.47. The smallest absolute Gasteiger partial charge is 0.338 e. The number of nitrogens with one attached hydrogen (secondary N) is 1. The molecule has 0 saturated heterocycles. The summed E-state index contributed by atoms with van der Waals surface area (Å²) in [5, 5.41) is 6.94. The van der Waals surface area contributed by atoms with E-state index in [1.54, 1.807) is 32.0 Å². The maximum Gasteiger partial charge on any atom is 0.338 e. The molecule has 6 heteroatoms. The van der Waals surface area contributed by atoms with Crippen LogP contribution in [0.3, 0.4) is 0 Å². The van der Waals surface area contributed by atoms with Crippen molar-refractivity contribution in [3.8, 4) is 33.9 Å². The standard InChI is InChI=1S/C26H22N2O4/c1-3-31-26(30)19-11-9-10-18(16-19)23-17(2)25(29)28-27-24(23)21-14-7-8-15-22(21)32-20-12-5-4-6-13-20/h4-16H,3H2,1-2H3,(H,28,29). The fourth-order valence-corrected chi connectivity index (χ4v) is 3.47. The molecule has 0 saturated carbocycles. The molecule has 0 unspecified atom stereocenters. The van der Waals surface area contributed by atoms with E-state index in [9.17, 15) is 9.59 Å². The average Bonchev–Trinajstić information content (AvgIpc) is 2.82. The lowest BCUT2D eigenvalue weighted by molar-refractivity contribution is 0.0526. The van der Waals surface area contributed by atoms with Crippen LogP contribution in [0.4, 0.5) is 0 Å². The largest absolute Gasteiger partial charge is 0.462 e. The molecule has 0 aliphatic heterocycles. The first kappa shape index (κ1) is 21.1. The van der Waals surface area contributed by atoms with Crippen LogP contribution in [0.25, 0.3) is 22.4 Å². The number of para-hydroxylation sites is 2. The Kier molecular flexibility index (Phi) is 6.12. The molecule has 4 rings (SSSR count). The lowest BCUT2D eigenvalue weighted by atomic mass is 9.94. The van der Waals surface area contributed by atoms with Crippen molar-refractivity contribution in [2.75, 3.05) is 6.61 Å². The SMILES string of the molecule is CCOC(=O)c1cccc(-c2c(-c3ccccc3Oc3ccccc3)n[nH]c(=O)c2C)c1. The van der Waals surface area contributed by atoms with Gasteiger partial charge in [-0.3, -0.25) is 4.79 Å². The van der Waals surface area contributed by atoms with Crippen LogP contribution in [0.1, 0.15) is 22.8 Å². The minimum atomic E-state index is -0.417. The summed E-state index contributed by atoms with van der Waals surface area (Å²) in [6.45, 7) is 3.77. The first-order valence-electron chi connectivity index (χ1n) is 10.3. The van der Waals surface area contributed by atoms with E-state index in [0.29, 0.717) is 45.0 Å². The third kappa shape index (κ3) is 4.30. The van der Waals surface area contributed by atoms with E-state index < -0.39 is 5.97 Å². The van der Waals surface area contributed by atoms with Crippen molar-refractivity contribution in [1.29, 1.82) is 0 Å². The Morgan fingerprint density at radius 2 is 1.72 bits per heavy atom. The predicted octanol–water partition coefficient (Wildman–Crippen LogP) is 5.38. The number of nitrogens with zero attached hydrogens (tertiary/aromatic N) is 1. The van der Waals surface area contributed by atoms with Gasteiger partial charge in [0.1, 0.15) is 17.2 Å².